The third-order valence-electron chi connectivity index (χ3n) is 6.57. The molecule has 0 radical (unpaired) electrons. The number of nitrogens with zero attached hydrogens (tertiary/aromatic N) is 3. The molecule has 0 bridgehead atoms. The molecule has 1 aromatic heterocycles. The normalized spacial score (nSPS) is 11.3. The Kier molecular flexibility index (Phi) is 10.4. The number of halogens is 3. The quantitative estimate of drug-likeness (QED) is 0.141. The molecule has 0 fully saturated rings. The molecule has 0 aliphatic rings. The average Bonchev–Trinajstić information content (AvgIpc) is 3.47. The second-order valence-corrected chi connectivity index (χ2v) is 10.4. The van der Waals surface area contributed by atoms with E-state index in [-0.39, 0.29) is 17.7 Å². The van der Waals surface area contributed by atoms with Gasteiger partial charge in [0.15, 0.2) is 5.82 Å². The number of thiocarbonyl (C=S) groups is 1. The van der Waals surface area contributed by atoms with Gasteiger partial charge in [0.25, 0.3) is 0 Å². The highest BCUT2D eigenvalue weighted by molar-refractivity contribution is 7.80. The van der Waals surface area contributed by atoms with Crippen molar-refractivity contribution in [1.29, 1.82) is 0 Å². The number of methoxy groups -OCH3 is 1. The first-order valence-corrected chi connectivity index (χ1v) is 14.1. The Labute approximate surface area is 253 Å². The maximum absolute atomic E-state index is 12.4. The van der Waals surface area contributed by atoms with Crippen molar-refractivity contribution in [3.8, 4) is 28.6 Å². The van der Waals surface area contributed by atoms with E-state index < -0.39 is 6.36 Å². The number of aryl methyl sites for hydroxylation is 1. The summed E-state index contributed by atoms with van der Waals surface area (Å²) in [5, 5.41) is 10.1. The number of hydrogen-bond acceptors (Lipinski definition) is 6. The number of carbonyl (C=O) groups excluding carboxylic acids is 1. The lowest BCUT2D eigenvalue weighted by Gasteiger charge is -2.16. The van der Waals surface area contributed by atoms with Crippen LogP contribution in [0.5, 0.6) is 11.5 Å². The van der Waals surface area contributed by atoms with Crippen molar-refractivity contribution in [3.63, 3.8) is 0 Å². The fraction of sp³-hybridized carbons (Fsp3) is 0.290. The minimum atomic E-state index is -4.74. The molecule has 0 unspecified atom stereocenters. The molecule has 43 heavy (non-hydrogen) atoms. The van der Waals surface area contributed by atoms with Gasteiger partial charge in [-0.3, -0.25) is 5.32 Å². The summed E-state index contributed by atoms with van der Waals surface area (Å²) in [4.78, 5) is 17.1. The number of hydrogen-bond donors (Lipinski definition) is 2. The minimum Gasteiger partial charge on any atom is -0.497 e. The Morgan fingerprint density at radius 3 is 2.35 bits per heavy atom. The van der Waals surface area contributed by atoms with E-state index in [4.69, 9.17) is 17.0 Å². The number of urea groups is 1. The first-order chi connectivity index (χ1) is 20.5. The second-order valence-electron chi connectivity index (χ2n) is 10.0. The maximum Gasteiger partial charge on any atom is 0.573 e. The maximum atomic E-state index is 12.4. The van der Waals surface area contributed by atoms with Crippen LogP contribution in [0.1, 0.15) is 49.3 Å². The van der Waals surface area contributed by atoms with Crippen LogP contribution >= 0.6 is 12.2 Å². The molecule has 4 rings (SSSR count). The monoisotopic (exact) mass is 611 g/mol. The van der Waals surface area contributed by atoms with Crippen LogP contribution in [-0.4, -0.2) is 45.8 Å². The molecule has 1 heterocycles. The van der Waals surface area contributed by atoms with Crippen LogP contribution in [0.4, 0.5) is 18.0 Å². The number of amides is 2. The molecule has 0 saturated heterocycles. The van der Waals surface area contributed by atoms with Crippen LogP contribution in [0.2, 0.25) is 0 Å². The van der Waals surface area contributed by atoms with Gasteiger partial charge in [0.05, 0.1) is 12.8 Å². The zero-order chi connectivity index (χ0) is 31.0. The molecule has 226 valence electrons. The zero-order valence-electron chi connectivity index (χ0n) is 23.9. The number of unbranched alkanes of at least 4 members (excludes halogenated alkanes) is 1. The van der Waals surface area contributed by atoms with E-state index in [9.17, 15) is 18.0 Å². The molecule has 4 aromatic rings. The summed E-state index contributed by atoms with van der Waals surface area (Å²) in [6, 6.07) is 18.6. The number of benzene rings is 3. The van der Waals surface area contributed by atoms with Crippen molar-refractivity contribution in [2.75, 3.05) is 13.7 Å². The lowest BCUT2D eigenvalue weighted by Crippen LogP contribution is -2.39. The van der Waals surface area contributed by atoms with E-state index in [2.05, 4.69) is 39.3 Å². The first-order valence-electron chi connectivity index (χ1n) is 13.7. The van der Waals surface area contributed by atoms with Gasteiger partial charge >= 0.3 is 12.4 Å². The van der Waals surface area contributed by atoms with Crippen LogP contribution in [0.25, 0.3) is 17.1 Å². The largest absolute Gasteiger partial charge is 0.573 e. The molecular weight excluding hydrogens is 579 g/mol. The molecule has 0 aliphatic carbocycles. The van der Waals surface area contributed by atoms with Crippen molar-refractivity contribution in [1.82, 2.24) is 25.4 Å². The number of ether oxygens (including phenoxy) is 2. The number of nitrogens with one attached hydrogen (secondary N) is 2. The summed E-state index contributed by atoms with van der Waals surface area (Å²) >= 11 is 5.49. The highest BCUT2D eigenvalue weighted by Gasteiger charge is 2.31. The predicted octanol–water partition coefficient (Wildman–Crippen LogP) is 6.96. The van der Waals surface area contributed by atoms with Gasteiger partial charge in [-0.15, -0.1) is 18.3 Å². The molecule has 0 spiro atoms. The fourth-order valence-corrected chi connectivity index (χ4v) is 4.64. The van der Waals surface area contributed by atoms with E-state index in [0.717, 1.165) is 41.5 Å². The van der Waals surface area contributed by atoms with E-state index in [1.807, 2.05) is 42.5 Å². The van der Waals surface area contributed by atoms with Crippen LogP contribution in [0, 0.1) is 0 Å². The summed E-state index contributed by atoms with van der Waals surface area (Å²) in [5.74, 6) is 1.10. The Bertz CT molecular complexity index is 1540. The second kappa shape index (κ2) is 14.1. The third-order valence-corrected chi connectivity index (χ3v) is 6.89. The molecule has 0 saturated carbocycles. The van der Waals surface area contributed by atoms with Crippen LogP contribution in [0.3, 0.4) is 0 Å². The van der Waals surface area contributed by atoms with Crippen molar-refractivity contribution in [2.24, 2.45) is 0 Å². The van der Waals surface area contributed by atoms with Gasteiger partial charge in [-0.25, -0.2) is 14.5 Å². The van der Waals surface area contributed by atoms with E-state index in [0.29, 0.717) is 28.8 Å². The SMILES string of the molecule is COc1ccc(C(C)C)c(C(=S)NC(=O)NCCCCc2ccc(-c3ncn(-c4ccc(OC(F)(F)F)cc4)n3)cc2)c1. The molecule has 2 N–H and O–H groups in total. The van der Waals surface area contributed by atoms with Crippen LogP contribution in [0.15, 0.2) is 73.1 Å². The zero-order valence-corrected chi connectivity index (χ0v) is 24.8. The van der Waals surface area contributed by atoms with Gasteiger partial charge in [-0.05, 0) is 72.7 Å². The van der Waals surface area contributed by atoms with Gasteiger partial charge in [-0.1, -0.05) is 56.4 Å². The summed E-state index contributed by atoms with van der Waals surface area (Å²) in [5.41, 5.74) is 4.31. The highest BCUT2D eigenvalue weighted by atomic mass is 32.1. The molecule has 0 aliphatic heterocycles. The Morgan fingerprint density at radius 2 is 1.70 bits per heavy atom. The standard InChI is InChI=1S/C31H32F3N5O3S/c1-20(2)26-16-15-25(41-3)18-27(26)29(43)37-30(40)35-17-5-4-6-21-7-9-22(10-8-21)28-36-19-39(38-28)23-11-13-24(14-12-23)42-31(32,33)34/h7-16,18-20H,4-6,17H2,1-3H3,(H2,35,37,40,43). The Morgan fingerprint density at radius 1 is 1.00 bits per heavy atom. The lowest BCUT2D eigenvalue weighted by molar-refractivity contribution is -0.274. The summed E-state index contributed by atoms with van der Waals surface area (Å²) < 4.78 is 47.8. The summed E-state index contributed by atoms with van der Waals surface area (Å²) in [7, 11) is 1.59. The summed E-state index contributed by atoms with van der Waals surface area (Å²) in [6.45, 7) is 4.64. The molecule has 0 atom stereocenters. The molecule has 3 aromatic carbocycles. The van der Waals surface area contributed by atoms with Gasteiger partial charge in [0.1, 0.15) is 22.8 Å². The van der Waals surface area contributed by atoms with Gasteiger partial charge in [0.2, 0.25) is 0 Å². The van der Waals surface area contributed by atoms with E-state index in [1.165, 1.54) is 35.3 Å². The Balaban J connectivity index is 1.21. The van der Waals surface area contributed by atoms with Gasteiger partial charge in [-0.2, -0.15) is 0 Å². The number of rotatable bonds is 11. The minimum absolute atomic E-state index is 0.238. The number of carbonyl (C=O) groups is 1. The van der Waals surface area contributed by atoms with E-state index >= 15 is 0 Å². The highest BCUT2D eigenvalue weighted by Crippen LogP contribution is 2.25. The predicted molar refractivity (Wildman–Crippen MR) is 162 cm³/mol. The molecule has 12 heteroatoms. The van der Waals surface area contributed by atoms with Crippen LogP contribution in [-0.2, 0) is 6.42 Å². The van der Waals surface area contributed by atoms with Gasteiger partial charge in [0, 0.05) is 17.7 Å². The third kappa shape index (κ3) is 9.02. The Hall–Kier alpha value is -4.45. The van der Waals surface area contributed by atoms with Gasteiger partial charge < -0.3 is 14.8 Å². The van der Waals surface area contributed by atoms with Crippen molar-refractivity contribution in [3.05, 3.63) is 89.7 Å². The fourth-order valence-electron chi connectivity index (χ4n) is 4.37. The smallest absolute Gasteiger partial charge is 0.497 e. The average molecular weight is 612 g/mol. The first kappa shape index (κ1) is 31.5. The van der Waals surface area contributed by atoms with E-state index in [1.54, 1.807) is 7.11 Å². The van der Waals surface area contributed by atoms with Crippen molar-refractivity contribution >= 4 is 23.2 Å². The topological polar surface area (TPSA) is 90.3 Å². The van der Waals surface area contributed by atoms with Crippen molar-refractivity contribution < 1.29 is 27.4 Å². The van der Waals surface area contributed by atoms with Crippen LogP contribution < -0.4 is 20.1 Å². The number of aromatic nitrogens is 3. The summed E-state index contributed by atoms with van der Waals surface area (Å²) in [6.07, 6.45) is -0.751. The lowest BCUT2D eigenvalue weighted by atomic mass is 9.97. The molecular formula is C31H32F3N5O3S. The molecule has 8 nitrogen and oxygen atoms in total. The van der Waals surface area contributed by atoms with Crippen molar-refractivity contribution in [2.45, 2.75) is 45.4 Å². The number of alkyl halides is 3. The molecule has 2 amide bonds.